The largest absolute Gasteiger partial charge is 0.457 e. The van der Waals surface area contributed by atoms with Crippen LogP contribution in [0.5, 0.6) is 0 Å². The molecule has 0 saturated carbocycles. The number of carbonyl (C=O) groups is 2. The highest BCUT2D eigenvalue weighted by molar-refractivity contribution is 6.03. The van der Waals surface area contributed by atoms with Gasteiger partial charge in [-0.2, -0.15) is 4.98 Å². The molecule has 11 nitrogen and oxygen atoms in total. The molecule has 3 aromatic rings. The molecular formula is C20H17N5O6. The van der Waals surface area contributed by atoms with Crippen LogP contribution < -0.4 is 11.0 Å². The predicted molar refractivity (Wildman–Crippen MR) is 105 cm³/mol. The molecule has 3 aromatic heterocycles. The monoisotopic (exact) mass is 423 g/mol. The Hall–Kier alpha value is -3.96. The van der Waals surface area contributed by atoms with Gasteiger partial charge in [-0.1, -0.05) is 0 Å². The fraction of sp³-hybridized carbons (Fsp3) is 0.200. The van der Waals surface area contributed by atoms with Crippen molar-refractivity contribution in [2.24, 2.45) is 0 Å². The minimum atomic E-state index is -0.831. The van der Waals surface area contributed by atoms with E-state index >= 15 is 0 Å². The molecule has 4 heterocycles. The van der Waals surface area contributed by atoms with Gasteiger partial charge in [0, 0.05) is 31.0 Å². The smallest absolute Gasteiger partial charge is 0.351 e. The second kappa shape index (κ2) is 9.24. The number of carbonyl (C=O) groups excluding carboxylic acids is 2. The van der Waals surface area contributed by atoms with Gasteiger partial charge >= 0.3 is 11.7 Å². The van der Waals surface area contributed by atoms with Crippen molar-refractivity contribution in [1.29, 1.82) is 0 Å². The molecule has 0 aromatic carbocycles. The Kier molecular flexibility index (Phi) is 6.05. The number of hydrogen-bond acceptors (Lipinski definition) is 9. The molecule has 1 fully saturated rings. The van der Waals surface area contributed by atoms with Crippen LogP contribution in [-0.2, 0) is 14.2 Å². The summed E-state index contributed by atoms with van der Waals surface area (Å²) < 4.78 is 17.4. The van der Waals surface area contributed by atoms with E-state index in [9.17, 15) is 14.4 Å². The van der Waals surface area contributed by atoms with Crippen molar-refractivity contribution in [3.8, 4) is 0 Å². The summed E-state index contributed by atoms with van der Waals surface area (Å²) >= 11 is 0. The molecule has 0 spiro atoms. The van der Waals surface area contributed by atoms with E-state index < -0.39 is 30.1 Å². The van der Waals surface area contributed by atoms with Gasteiger partial charge in [0.15, 0.2) is 12.5 Å². The molecule has 11 heteroatoms. The van der Waals surface area contributed by atoms with Crippen LogP contribution in [0.25, 0.3) is 0 Å². The van der Waals surface area contributed by atoms with Crippen LogP contribution >= 0.6 is 0 Å². The van der Waals surface area contributed by atoms with Gasteiger partial charge < -0.3 is 19.5 Å². The zero-order chi connectivity index (χ0) is 21.6. The number of hydrogen-bond donors (Lipinski definition) is 1. The van der Waals surface area contributed by atoms with Crippen molar-refractivity contribution >= 4 is 17.7 Å². The summed E-state index contributed by atoms with van der Waals surface area (Å²) in [5.41, 5.74) is 0.0108. The Balaban J connectivity index is 1.33. The number of nitrogens with one attached hydrogen (secondary N) is 1. The van der Waals surface area contributed by atoms with Crippen LogP contribution in [0.1, 0.15) is 26.9 Å². The highest BCUT2D eigenvalue weighted by atomic mass is 16.7. The minimum Gasteiger partial charge on any atom is -0.457 e. The third-order valence-electron chi connectivity index (χ3n) is 4.29. The Morgan fingerprint density at radius 3 is 2.55 bits per heavy atom. The number of amides is 1. The number of esters is 1. The number of pyridine rings is 2. The second-order valence-corrected chi connectivity index (χ2v) is 6.39. The molecule has 1 saturated heterocycles. The molecular weight excluding hydrogens is 406 g/mol. The Bertz CT molecular complexity index is 1120. The van der Waals surface area contributed by atoms with Crippen LogP contribution in [0.3, 0.4) is 0 Å². The normalized spacial score (nSPS) is 17.8. The van der Waals surface area contributed by atoms with Crippen molar-refractivity contribution in [3.63, 3.8) is 0 Å². The average Bonchev–Trinajstić information content (AvgIpc) is 3.27. The van der Waals surface area contributed by atoms with E-state index in [0.717, 1.165) is 0 Å². The van der Waals surface area contributed by atoms with E-state index in [0.29, 0.717) is 11.1 Å². The van der Waals surface area contributed by atoms with Crippen molar-refractivity contribution in [2.75, 3.05) is 18.5 Å². The Morgan fingerprint density at radius 1 is 1.13 bits per heavy atom. The zero-order valence-electron chi connectivity index (χ0n) is 16.1. The lowest BCUT2D eigenvalue weighted by atomic mass is 10.3. The summed E-state index contributed by atoms with van der Waals surface area (Å²) in [4.78, 5) is 48.0. The predicted octanol–water partition coefficient (Wildman–Crippen LogP) is 1.01. The van der Waals surface area contributed by atoms with Gasteiger partial charge in [-0.05, 0) is 30.3 Å². The Labute approximate surface area is 175 Å². The van der Waals surface area contributed by atoms with E-state index in [4.69, 9.17) is 14.2 Å². The first-order valence-corrected chi connectivity index (χ1v) is 9.25. The van der Waals surface area contributed by atoms with Crippen molar-refractivity contribution < 1.29 is 23.8 Å². The van der Waals surface area contributed by atoms with Gasteiger partial charge in [0.2, 0.25) is 0 Å². The van der Waals surface area contributed by atoms with Gasteiger partial charge in [-0.25, -0.2) is 9.59 Å². The lowest BCUT2D eigenvalue weighted by Gasteiger charge is -2.14. The standard InChI is InChI=1S/C20H17N5O6/c26-18(13-3-1-6-21-9-13)23-15-5-8-25(20(28)24-15)16-11-29-17(31-16)12-30-19(27)14-4-2-7-22-10-14/h1-10,16-17H,11-12H2,(H,23,24,26,28)/t16-,17-/m0/s1. The number of rotatable bonds is 6. The molecule has 0 radical (unpaired) electrons. The first-order valence-electron chi connectivity index (χ1n) is 9.25. The lowest BCUT2D eigenvalue weighted by molar-refractivity contribution is -0.103. The third-order valence-corrected chi connectivity index (χ3v) is 4.29. The molecule has 0 bridgehead atoms. The lowest BCUT2D eigenvalue weighted by Crippen LogP contribution is -2.29. The van der Waals surface area contributed by atoms with E-state index in [1.165, 1.54) is 29.2 Å². The minimum absolute atomic E-state index is 0.0675. The van der Waals surface area contributed by atoms with E-state index in [-0.39, 0.29) is 19.0 Å². The van der Waals surface area contributed by atoms with Crippen molar-refractivity contribution in [3.05, 3.63) is 82.9 Å². The average molecular weight is 423 g/mol. The quantitative estimate of drug-likeness (QED) is 0.576. The molecule has 1 aliphatic rings. The molecule has 1 amide bonds. The molecule has 1 N–H and O–H groups in total. The van der Waals surface area contributed by atoms with E-state index in [2.05, 4.69) is 20.3 Å². The Morgan fingerprint density at radius 2 is 1.87 bits per heavy atom. The molecule has 0 aliphatic carbocycles. The highest BCUT2D eigenvalue weighted by Crippen LogP contribution is 2.20. The number of ether oxygens (including phenoxy) is 3. The summed E-state index contributed by atoms with van der Waals surface area (Å²) in [6.45, 7) is -0.0796. The molecule has 158 valence electrons. The molecule has 0 unspecified atom stereocenters. The van der Waals surface area contributed by atoms with Gasteiger partial charge in [0.25, 0.3) is 5.91 Å². The fourth-order valence-corrected chi connectivity index (χ4v) is 2.77. The fourth-order valence-electron chi connectivity index (χ4n) is 2.77. The number of aromatic nitrogens is 4. The summed E-state index contributed by atoms with van der Waals surface area (Å²) in [7, 11) is 0. The number of anilines is 1. The molecule has 4 rings (SSSR count). The highest BCUT2D eigenvalue weighted by Gasteiger charge is 2.29. The molecule has 31 heavy (non-hydrogen) atoms. The number of nitrogens with zero attached hydrogens (tertiary/aromatic N) is 4. The van der Waals surface area contributed by atoms with Crippen LogP contribution in [0.4, 0.5) is 5.82 Å². The van der Waals surface area contributed by atoms with Gasteiger partial charge in [-0.3, -0.25) is 19.3 Å². The second-order valence-electron chi connectivity index (χ2n) is 6.39. The van der Waals surface area contributed by atoms with Gasteiger partial charge in [0.05, 0.1) is 17.7 Å². The van der Waals surface area contributed by atoms with Crippen LogP contribution in [0, 0.1) is 0 Å². The summed E-state index contributed by atoms with van der Waals surface area (Å²) in [6, 6.07) is 7.89. The van der Waals surface area contributed by atoms with Crippen LogP contribution in [0.15, 0.2) is 66.1 Å². The maximum Gasteiger partial charge on any atom is 0.351 e. The first-order chi connectivity index (χ1) is 15.1. The SMILES string of the molecule is O=C(Nc1ccn([C@@H]2CO[C@H](COC(=O)c3cccnc3)O2)c(=O)n1)c1cccnc1. The van der Waals surface area contributed by atoms with Crippen LogP contribution in [0.2, 0.25) is 0 Å². The van der Waals surface area contributed by atoms with E-state index in [1.54, 1.807) is 36.7 Å². The summed E-state index contributed by atoms with van der Waals surface area (Å²) in [5.74, 6) is -0.902. The molecule has 1 aliphatic heterocycles. The van der Waals surface area contributed by atoms with Crippen molar-refractivity contribution in [2.45, 2.75) is 12.5 Å². The van der Waals surface area contributed by atoms with Gasteiger partial charge in [-0.15, -0.1) is 0 Å². The summed E-state index contributed by atoms with van der Waals surface area (Å²) in [6.07, 6.45) is 5.75. The maximum atomic E-state index is 12.4. The van der Waals surface area contributed by atoms with Crippen molar-refractivity contribution in [1.82, 2.24) is 19.5 Å². The third kappa shape index (κ3) is 4.97. The zero-order valence-corrected chi connectivity index (χ0v) is 16.1. The topological polar surface area (TPSA) is 135 Å². The maximum absolute atomic E-state index is 12.4. The molecule has 2 atom stereocenters. The van der Waals surface area contributed by atoms with Crippen LogP contribution in [-0.4, -0.2) is 50.9 Å². The van der Waals surface area contributed by atoms with E-state index in [1.807, 2.05) is 0 Å². The summed E-state index contributed by atoms with van der Waals surface area (Å²) in [5, 5.41) is 2.54. The van der Waals surface area contributed by atoms with Gasteiger partial charge in [0.1, 0.15) is 12.4 Å². The first kappa shape index (κ1) is 20.3.